The molecule has 162 valence electrons. The summed E-state index contributed by atoms with van der Waals surface area (Å²) >= 11 is 0. The minimum Gasteiger partial charge on any atom is -0.487 e. The van der Waals surface area contributed by atoms with Gasteiger partial charge in [-0.05, 0) is 64.1 Å². The molecular formula is C25H28N2O4. The standard InChI is InChI=1S/C25H28N2O4/c1-16(2)30-23-11-6-7-12-24(23)31-20-10-8-9-19(15-20)27-25(28)21-13-14-22(18(4)29-5)26-17(21)3/h6-16,18H,1-5H3,(H,27,28). The van der Waals surface area contributed by atoms with Gasteiger partial charge in [0.05, 0.1) is 29.2 Å². The van der Waals surface area contributed by atoms with Crippen LogP contribution < -0.4 is 14.8 Å². The number of carbonyl (C=O) groups excluding carboxylic acids is 1. The van der Waals surface area contributed by atoms with Crippen LogP contribution in [0.25, 0.3) is 0 Å². The number of methoxy groups -OCH3 is 1. The molecule has 2 aromatic carbocycles. The van der Waals surface area contributed by atoms with Crippen molar-refractivity contribution in [2.24, 2.45) is 0 Å². The second-order valence-electron chi connectivity index (χ2n) is 7.44. The molecule has 1 amide bonds. The van der Waals surface area contributed by atoms with Crippen LogP contribution in [0.15, 0.2) is 60.7 Å². The minimum absolute atomic E-state index is 0.0329. The van der Waals surface area contributed by atoms with Crippen LogP contribution >= 0.6 is 0 Å². The summed E-state index contributed by atoms with van der Waals surface area (Å²) in [5.74, 6) is 1.64. The molecule has 3 aromatic rings. The average molecular weight is 421 g/mol. The number of nitrogens with zero attached hydrogens (tertiary/aromatic N) is 1. The predicted octanol–water partition coefficient (Wildman–Crippen LogP) is 5.93. The summed E-state index contributed by atoms with van der Waals surface area (Å²) in [5.41, 5.74) is 2.56. The van der Waals surface area contributed by atoms with E-state index in [1.165, 1.54) is 0 Å². The molecule has 1 atom stereocenters. The third-order valence-corrected chi connectivity index (χ3v) is 4.65. The summed E-state index contributed by atoms with van der Waals surface area (Å²) in [6.07, 6.45) is -0.0994. The Hall–Kier alpha value is -3.38. The van der Waals surface area contributed by atoms with Gasteiger partial charge < -0.3 is 19.5 Å². The van der Waals surface area contributed by atoms with Gasteiger partial charge in [0.15, 0.2) is 11.5 Å². The summed E-state index contributed by atoms with van der Waals surface area (Å²) in [7, 11) is 1.63. The molecule has 6 nitrogen and oxygen atoms in total. The molecule has 1 heterocycles. The van der Waals surface area contributed by atoms with Crippen LogP contribution in [0.5, 0.6) is 17.2 Å². The molecule has 0 aliphatic heterocycles. The van der Waals surface area contributed by atoms with Gasteiger partial charge in [-0.25, -0.2) is 0 Å². The maximum Gasteiger partial charge on any atom is 0.257 e. The first-order valence-electron chi connectivity index (χ1n) is 10.2. The molecule has 0 fully saturated rings. The van der Waals surface area contributed by atoms with Gasteiger partial charge >= 0.3 is 0 Å². The van der Waals surface area contributed by atoms with E-state index >= 15 is 0 Å². The van der Waals surface area contributed by atoms with E-state index in [9.17, 15) is 4.79 Å². The number of amides is 1. The number of rotatable bonds is 8. The van der Waals surface area contributed by atoms with Crippen LogP contribution in [-0.4, -0.2) is 24.1 Å². The first-order valence-corrected chi connectivity index (χ1v) is 10.2. The zero-order valence-electron chi connectivity index (χ0n) is 18.5. The topological polar surface area (TPSA) is 69.7 Å². The van der Waals surface area contributed by atoms with Gasteiger partial charge in [0, 0.05) is 18.9 Å². The Kier molecular flexibility index (Phi) is 7.26. The lowest BCUT2D eigenvalue weighted by molar-refractivity contribution is 0.102. The summed E-state index contributed by atoms with van der Waals surface area (Å²) in [5, 5.41) is 2.91. The van der Waals surface area contributed by atoms with Gasteiger partial charge in [-0.2, -0.15) is 0 Å². The Morgan fingerprint density at radius 2 is 1.71 bits per heavy atom. The summed E-state index contributed by atoms with van der Waals surface area (Å²) < 4.78 is 17.1. The molecule has 0 spiro atoms. The van der Waals surface area contributed by atoms with Gasteiger partial charge in [-0.15, -0.1) is 0 Å². The molecule has 1 aromatic heterocycles. The molecule has 0 saturated heterocycles. The maximum atomic E-state index is 12.8. The van der Waals surface area contributed by atoms with E-state index in [0.29, 0.717) is 34.2 Å². The van der Waals surface area contributed by atoms with Gasteiger partial charge in [0.2, 0.25) is 0 Å². The molecule has 0 aliphatic rings. The number of nitrogens with one attached hydrogen (secondary N) is 1. The number of benzene rings is 2. The molecule has 3 rings (SSSR count). The summed E-state index contributed by atoms with van der Waals surface area (Å²) in [6.45, 7) is 7.65. The number of hydrogen-bond acceptors (Lipinski definition) is 5. The highest BCUT2D eigenvalue weighted by atomic mass is 16.5. The number of carbonyl (C=O) groups is 1. The Morgan fingerprint density at radius 3 is 2.39 bits per heavy atom. The smallest absolute Gasteiger partial charge is 0.257 e. The lowest BCUT2D eigenvalue weighted by Crippen LogP contribution is -2.15. The number of pyridine rings is 1. The van der Waals surface area contributed by atoms with Crippen LogP contribution in [0.4, 0.5) is 5.69 Å². The molecule has 0 aliphatic carbocycles. The zero-order valence-corrected chi connectivity index (χ0v) is 18.5. The van der Waals surface area contributed by atoms with E-state index in [2.05, 4.69) is 10.3 Å². The quantitative estimate of drug-likeness (QED) is 0.489. The van der Waals surface area contributed by atoms with Crippen LogP contribution in [0.1, 0.15) is 48.6 Å². The molecule has 31 heavy (non-hydrogen) atoms. The number of anilines is 1. The fraction of sp³-hybridized carbons (Fsp3) is 0.280. The van der Waals surface area contributed by atoms with Crippen LogP contribution in [0.3, 0.4) is 0 Å². The monoisotopic (exact) mass is 420 g/mol. The Morgan fingerprint density at radius 1 is 0.968 bits per heavy atom. The average Bonchev–Trinajstić information content (AvgIpc) is 2.74. The molecule has 0 saturated carbocycles. The van der Waals surface area contributed by atoms with Gasteiger partial charge in [0.1, 0.15) is 5.75 Å². The fourth-order valence-corrected chi connectivity index (χ4v) is 3.02. The van der Waals surface area contributed by atoms with Gasteiger partial charge in [-0.1, -0.05) is 18.2 Å². The first-order chi connectivity index (χ1) is 14.9. The van der Waals surface area contributed by atoms with Crippen molar-refractivity contribution in [2.75, 3.05) is 12.4 Å². The van der Waals surface area contributed by atoms with Crippen molar-refractivity contribution in [2.45, 2.75) is 39.9 Å². The Labute approximate surface area is 183 Å². The third kappa shape index (κ3) is 5.83. The number of aryl methyl sites for hydroxylation is 1. The van der Waals surface area contributed by atoms with Crippen molar-refractivity contribution in [3.8, 4) is 17.2 Å². The fourth-order valence-electron chi connectivity index (χ4n) is 3.02. The third-order valence-electron chi connectivity index (χ3n) is 4.65. The van der Waals surface area contributed by atoms with E-state index < -0.39 is 0 Å². The van der Waals surface area contributed by atoms with Crippen molar-refractivity contribution in [3.63, 3.8) is 0 Å². The van der Waals surface area contributed by atoms with Crippen LogP contribution in [0, 0.1) is 6.92 Å². The SMILES string of the molecule is COC(C)c1ccc(C(=O)Nc2cccc(Oc3ccccc3OC(C)C)c2)c(C)n1. The molecule has 6 heteroatoms. The van der Waals surface area contributed by atoms with Crippen molar-refractivity contribution >= 4 is 11.6 Å². The van der Waals surface area contributed by atoms with E-state index in [1.54, 1.807) is 25.3 Å². The lowest BCUT2D eigenvalue weighted by Gasteiger charge is -2.15. The predicted molar refractivity (Wildman–Crippen MR) is 121 cm³/mol. The lowest BCUT2D eigenvalue weighted by atomic mass is 10.1. The van der Waals surface area contributed by atoms with E-state index in [-0.39, 0.29) is 18.1 Å². The Bertz CT molecular complexity index is 1050. The van der Waals surface area contributed by atoms with Crippen molar-refractivity contribution in [1.82, 2.24) is 4.98 Å². The number of para-hydroxylation sites is 2. The molecular weight excluding hydrogens is 392 g/mol. The highest BCUT2D eigenvalue weighted by molar-refractivity contribution is 6.05. The largest absolute Gasteiger partial charge is 0.487 e. The molecule has 0 radical (unpaired) electrons. The normalized spacial score (nSPS) is 11.8. The second kappa shape index (κ2) is 10.1. The van der Waals surface area contributed by atoms with Crippen LogP contribution in [0.2, 0.25) is 0 Å². The first kappa shape index (κ1) is 22.3. The van der Waals surface area contributed by atoms with Gasteiger partial charge in [-0.3, -0.25) is 9.78 Å². The minimum atomic E-state index is -0.234. The molecule has 1 N–H and O–H groups in total. The summed E-state index contributed by atoms with van der Waals surface area (Å²) in [6, 6.07) is 18.3. The maximum absolute atomic E-state index is 12.8. The van der Waals surface area contributed by atoms with E-state index in [0.717, 1.165) is 5.69 Å². The van der Waals surface area contributed by atoms with E-state index in [4.69, 9.17) is 14.2 Å². The van der Waals surface area contributed by atoms with Crippen molar-refractivity contribution in [3.05, 3.63) is 77.6 Å². The summed E-state index contributed by atoms with van der Waals surface area (Å²) in [4.78, 5) is 17.3. The Balaban J connectivity index is 1.75. The highest BCUT2D eigenvalue weighted by Gasteiger charge is 2.14. The number of hydrogen-bond donors (Lipinski definition) is 1. The van der Waals surface area contributed by atoms with Crippen LogP contribution in [-0.2, 0) is 4.74 Å². The van der Waals surface area contributed by atoms with E-state index in [1.807, 2.05) is 70.2 Å². The molecule has 1 unspecified atom stereocenters. The number of ether oxygens (including phenoxy) is 3. The van der Waals surface area contributed by atoms with Crippen molar-refractivity contribution in [1.29, 1.82) is 0 Å². The molecule has 0 bridgehead atoms. The number of aromatic nitrogens is 1. The van der Waals surface area contributed by atoms with Gasteiger partial charge in [0.25, 0.3) is 5.91 Å². The zero-order chi connectivity index (χ0) is 22.4. The highest BCUT2D eigenvalue weighted by Crippen LogP contribution is 2.33. The van der Waals surface area contributed by atoms with Crippen molar-refractivity contribution < 1.29 is 19.0 Å². The second-order valence-corrected chi connectivity index (χ2v) is 7.44.